The smallest absolute Gasteiger partial charge is 0.300 e. The Labute approximate surface area is 124 Å². The van der Waals surface area contributed by atoms with Gasteiger partial charge in [0.05, 0.1) is 11.1 Å². The predicted octanol–water partition coefficient (Wildman–Crippen LogP) is 2.45. The molecule has 1 fully saturated rings. The summed E-state index contributed by atoms with van der Waals surface area (Å²) in [6.45, 7) is 0. The Morgan fingerprint density at radius 3 is 2.95 bits per heavy atom. The standard InChI is InChI=1S/C10H11ClN4O3S2/c1-19-6-4-12-13-9(6)15-20(16,17)10-7(11)8(14-18-10)5-2-3-5/h4-5H,2-3H2,1H3,(H2,12,13,15). The summed E-state index contributed by atoms with van der Waals surface area (Å²) in [5, 5.41) is 9.82. The lowest BCUT2D eigenvalue weighted by atomic mass is 10.3. The Kier molecular flexibility index (Phi) is 3.43. The zero-order valence-electron chi connectivity index (χ0n) is 10.4. The van der Waals surface area contributed by atoms with Crippen LogP contribution >= 0.6 is 23.4 Å². The molecule has 0 aliphatic heterocycles. The molecule has 0 atom stereocenters. The average molecular weight is 335 g/mol. The largest absolute Gasteiger partial charge is 0.341 e. The van der Waals surface area contributed by atoms with Crippen molar-refractivity contribution in [2.75, 3.05) is 11.0 Å². The highest BCUT2D eigenvalue weighted by Gasteiger charge is 2.35. The minimum Gasteiger partial charge on any atom is -0.341 e. The van der Waals surface area contributed by atoms with Crippen LogP contribution in [-0.2, 0) is 10.0 Å². The predicted molar refractivity (Wildman–Crippen MR) is 74.7 cm³/mol. The molecule has 0 saturated heterocycles. The van der Waals surface area contributed by atoms with Crippen molar-refractivity contribution in [2.45, 2.75) is 28.7 Å². The van der Waals surface area contributed by atoms with E-state index in [1.807, 2.05) is 6.26 Å². The van der Waals surface area contributed by atoms with Crippen LogP contribution in [0.15, 0.2) is 20.7 Å². The van der Waals surface area contributed by atoms with Crippen LogP contribution in [0, 0.1) is 0 Å². The first kappa shape index (κ1) is 13.8. The molecule has 1 aliphatic carbocycles. The molecular weight excluding hydrogens is 324 g/mol. The van der Waals surface area contributed by atoms with Gasteiger partial charge in [-0.3, -0.25) is 9.82 Å². The van der Waals surface area contributed by atoms with Crippen molar-refractivity contribution >= 4 is 39.2 Å². The summed E-state index contributed by atoms with van der Waals surface area (Å²) in [6, 6.07) is 0. The van der Waals surface area contributed by atoms with E-state index in [1.165, 1.54) is 18.0 Å². The van der Waals surface area contributed by atoms with Gasteiger partial charge in [0.2, 0.25) is 0 Å². The van der Waals surface area contributed by atoms with Gasteiger partial charge in [0.25, 0.3) is 5.09 Å². The molecule has 108 valence electrons. The van der Waals surface area contributed by atoms with Crippen LogP contribution < -0.4 is 4.72 Å². The lowest BCUT2D eigenvalue weighted by molar-refractivity contribution is 0.335. The van der Waals surface area contributed by atoms with E-state index in [4.69, 9.17) is 16.1 Å². The fourth-order valence-corrected chi connectivity index (χ4v) is 3.78. The Hall–Kier alpha value is -1.19. The van der Waals surface area contributed by atoms with Crippen molar-refractivity contribution in [3.05, 3.63) is 16.9 Å². The third-order valence-corrected chi connectivity index (χ3v) is 5.37. The van der Waals surface area contributed by atoms with Crippen LogP contribution in [0.1, 0.15) is 24.5 Å². The summed E-state index contributed by atoms with van der Waals surface area (Å²) < 4.78 is 31.8. The summed E-state index contributed by atoms with van der Waals surface area (Å²) in [6.07, 6.45) is 5.25. The van der Waals surface area contributed by atoms with Gasteiger partial charge in [-0.05, 0) is 19.1 Å². The number of halogens is 1. The van der Waals surface area contributed by atoms with E-state index >= 15 is 0 Å². The molecule has 0 unspecified atom stereocenters. The van der Waals surface area contributed by atoms with Crippen LogP contribution in [0.25, 0.3) is 0 Å². The van der Waals surface area contributed by atoms with E-state index in [1.54, 1.807) is 0 Å². The minimum atomic E-state index is -3.93. The fourth-order valence-electron chi connectivity index (χ4n) is 1.74. The number of anilines is 1. The fraction of sp³-hybridized carbons (Fsp3) is 0.400. The monoisotopic (exact) mass is 334 g/mol. The van der Waals surface area contributed by atoms with Crippen molar-refractivity contribution in [1.29, 1.82) is 0 Å². The first-order chi connectivity index (χ1) is 9.53. The van der Waals surface area contributed by atoms with Crippen molar-refractivity contribution in [2.24, 2.45) is 0 Å². The van der Waals surface area contributed by atoms with Crippen LogP contribution in [0.5, 0.6) is 0 Å². The van der Waals surface area contributed by atoms with E-state index in [0.29, 0.717) is 10.6 Å². The van der Waals surface area contributed by atoms with Gasteiger partial charge in [0.15, 0.2) is 0 Å². The van der Waals surface area contributed by atoms with Crippen molar-refractivity contribution < 1.29 is 12.9 Å². The lowest BCUT2D eigenvalue weighted by Gasteiger charge is -2.04. The second-order valence-electron chi connectivity index (χ2n) is 4.36. The minimum absolute atomic E-state index is 0.0604. The highest BCUT2D eigenvalue weighted by Crippen LogP contribution is 2.44. The number of H-pyrrole nitrogens is 1. The number of thioether (sulfide) groups is 1. The summed E-state index contributed by atoms with van der Waals surface area (Å²) in [5.74, 6) is 0.488. The van der Waals surface area contributed by atoms with Crippen LogP contribution in [0.3, 0.4) is 0 Å². The third kappa shape index (κ3) is 2.40. The van der Waals surface area contributed by atoms with Gasteiger partial charge in [-0.2, -0.15) is 13.5 Å². The Morgan fingerprint density at radius 1 is 1.55 bits per heavy atom. The van der Waals surface area contributed by atoms with E-state index in [2.05, 4.69) is 20.1 Å². The van der Waals surface area contributed by atoms with Gasteiger partial charge in [-0.15, -0.1) is 11.8 Å². The maximum Gasteiger partial charge on any atom is 0.300 e. The number of sulfonamides is 1. The van der Waals surface area contributed by atoms with Crippen LogP contribution in [0.4, 0.5) is 5.82 Å². The Morgan fingerprint density at radius 2 is 2.30 bits per heavy atom. The average Bonchev–Trinajstić information content (AvgIpc) is 3.02. The number of nitrogens with zero attached hydrogens (tertiary/aromatic N) is 2. The number of aromatic nitrogens is 3. The molecule has 0 spiro atoms. The van der Waals surface area contributed by atoms with Gasteiger partial charge in [0.1, 0.15) is 16.5 Å². The number of aromatic amines is 1. The highest BCUT2D eigenvalue weighted by atomic mass is 35.5. The molecule has 2 aromatic rings. The van der Waals surface area contributed by atoms with Gasteiger partial charge in [-0.25, -0.2) is 0 Å². The van der Waals surface area contributed by atoms with Gasteiger partial charge in [-0.1, -0.05) is 16.8 Å². The Balaban J connectivity index is 1.92. The topological polar surface area (TPSA) is 101 Å². The molecule has 1 saturated carbocycles. The molecule has 0 aromatic carbocycles. The molecule has 2 N–H and O–H groups in total. The summed E-state index contributed by atoms with van der Waals surface area (Å²) in [4.78, 5) is 0.673. The zero-order valence-corrected chi connectivity index (χ0v) is 12.8. The summed E-state index contributed by atoms with van der Waals surface area (Å²) >= 11 is 7.41. The van der Waals surface area contributed by atoms with E-state index in [-0.39, 0.29) is 21.9 Å². The van der Waals surface area contributed by atoms with E-state index in [0.717, 1.165) is 12.8 Å². The molecular formula is C10H11ClN4O3S2. The maximum absolute atomic E-state index is 12.3. The van der Waals surface area contributed by atoms with Crippen molar-refractivity contribution in [3.63, 3.8) is 0 Å². The molecule has 10 heteroatoms. The normalized spacial score (nSPS) is 15.5. The van der Waals surface area contributed by atoms with Gasteiger partial charge in [0, 0.05) is 5.92 Å². The molecule has 0 bridgehead atoms. The molecule has 0 amide bonds. The van der Waals surface area contributed by atoms with E-state index in [9.17, 15) is 8.42 Å². The van der Waals surface area contributed by atoms with E-state index < -0.39 is 10.0 Å². The molecule has 2 heterocycles. The molecule has 2 aromatic heterocycles. The molecule has 1 aliphatic rings. The molecule has 3 rings (SSSR count). The first-order valence-electron chi connectivity index (χ1n) is 5.78. The first-order valence-corrected chi connectivity index (χ1v) is 8.86. The van der Waals surface area contributed by atoms with Crippen molar-refractivity contribution in [3.8, 4) is 0 Å². The van der Waals surface area contributed by atoms with Crippen LogP contribution in [0.2, 0.25) is 5.02 Å². The second kappa shape index (κ2) is 4.97. The second-order valence-corrected chi connectivity index (χ2v) is 7.17. The Bertz CT molecular complexity index is 736. The third-order valence-electron chi connectivity index (χ3n) is 2.90. The number of hydrogen-bond acceptors (Lipinski definition) is 6. The number of rotatable bonds is 5. The number of hydrogen-bond donors (Lipinski definition) is 2. The lowest BCUT2D eigenvalue weighted by Crippen LogP contribution is -2.13. The number of nitrogens with one attached hydrogen (secondary N) is 2. The van der Waals surface area contributed by atoms with Gasteiger partial charge >= 0.3 is 10.0 Å². The summed E-state index contributed by atoms with van der Waals surface area (Å²) in [5.41, 5.74) is 0.516. The quantitative estimate of drug-likeness (QED) is 0.814. The maximum atomic E-state index is 12.3. The van der Waals surface area contributed by atoms with Crippen LogP contribution in [-0.4, -0.2) is 30.0 Å². The SMILES string of the molecule is CSc1cn[nH]c1NS(=O)(=O)c1onc(C2CC2)c1Cl. The molecule has 20 heavy (non-hydrogen) atoms. The highest BCUT2D eigenvalue weighted by molar-refractivity contribution is 7.99. The zero-order chi connectivity index (χ0) is 14.3. The van der Waals surface area contributed by atoms with Crippen molar-refractivity contribution in [1.82, 2.24) is 15.4 Å². The van der Waals surface area contributed by atoms with Gasteiger partial charge < -0.3 is 4.52 Å². The summed E-state index contributed by atoms with van der Waals surface area (Å²) in [7, 11) is -3.93. The molecule has 7 nitrogen and oxygen atoms in total. The molecule has 0 radical (unpaired) electrons.